The number of benzene rings is 2. The Hall–Kier alpha value is -1.55. The molecule has 0 saturated heterocycles. The summed E-state index contributed by atoms with van der Waals surface area (Å²) in [6, 6.07) is 20.7. The highest BCUT2D eigenvalue weighted by Gasteiger charge is 2.12. The van der Waals surface area contributed by atoms with Gasteiger partial charge in [-0.15, -0.1) is 0 Å². The van der Waals surface area contributed by atoms with Gasteiger partial charge in [0.1, 0.15) is 11.5 Å². The molecule has 0 bridgehead atoms. The predicted molar refractivity (Wildman–Crippen MR) is 108 cm³/mol. The lowest BCUT2D eigenvalue weighted by molar-refractivity contribution is 0.439. The van der Waals surface area contributed by atoms with Crippen molar-refractivity contribution in [2.75, 3.05) is 0 Å². The normalized spacial score (nSPS) is 12.3. The van der Waals surface area contributed by atoms with Gasteiger partial charge < -0.3 is 9.73 Å². The van der Waals surface area contributed by atoms with Gasteiger partial charge in [-0.1, -0.05) is 71.2 Å². The van der Waals surface area contributed by atoms with Gasteiger partial charge in [0.2, 0.25) is 0 Å². The van der Waals surface area contributed by atoms with Crippen LogP contribution in [0.4, 0.5) is 0 Å². The van der Waals surface area contributed by atoms with Gasteiger partial charge >= 0.3 is 0 Å². The number of rotatable bonds is 7. The first-order valence-electron chi connectivity index (χ1n) is 8.50. The van der Waals surface area contributed by atoms with Gasteiger partial charge in [-0.05, 0) is 42.3 Å². The molecule has 0 aliphatic heterocycles. The first kappa shape index (κ1) is 18.2. The Bertz CT molecular complexity index is 816. The van der Waals surface area contributed by atoms with Crippen LogP contribution >= 0.6 is 27.5 Å². The number of hydrogen-bond donors (Lipinski definition) is 1. The Labute approximate surface area is 162 Å². The van der Waals surface area contributed by atoms with E-state index in [1.54, 1.807) is 0 Å². The topological polar surface area (TPSA) is 25.2 Å². The van der Waals surface area contributed by atoms with E-state index in [-0.39, 0.29) is 0 Å². The van der Waals surface area contributed by atoms with Gasteiger partial charge in [-0.25, -0.2) is 0 Å². The van der Waals surface area contributed by atoms with E-state index in [1.807, 2.05) is 36.4 Å². The molecule has 1 atom stereocenters. The molecule has 1 N–H and O–H groups in total. The van der Waals surface area contributed by atoms with Gasteiger partial charge in [-0.3, -0.25) is 0 Å². The summed E-state index contributed by atoms with van der Waals surface area (Å²) in [6.45, 7) is 2.89. The zero-order valence-electron chi connectivity index (χ0n) is 14.1. The van der Waals surface area contributed by atoms with Gasteiger partial charge in [0, 0.05) is 16.1 Å². The molecule has 1 unspecified atom stereocenters. The fourth-order valence-electron chi connectivity index (χ4n) is 2.89. The molecule has 0 spiro atoms. The summed E-state index contributed by atoms with van der Waals surface area (Å²) >= 11 is 9.74. The molecule has 0 amide bonds. The summed E-state index contributed by atoms with van der Waals surface area (Å²) in [5, 5.41) is 4.28. The first-order chi connectivity index (χ1) is 12.2. The van der Waals surface area contributed by atoms with Crippen molar-refractivity contribution in [1.82, 2.24) is 5.32 Å². The van der Waals surface area contributed by atoms with Crippen LogP contribution in [0.15, 0.2) is 69.6 Å². The molecule has 2 aromatic carbocycles. The Balaban J connectivity index is 1.70. The smallest absolute Gasteiger partial charge is 0.135 e. The number of hydrogen-bond acceptors (Lipinski definition) is 2. The molecule has 3 rings (SSSR count). The second-order valence-corrected chi connectivity index (χ2v) is 7.35. The lowest BCUT2D eigenvalue weighted by atomic mass is 10.0. The SMILES string of the molecule is CCCC(NCc1ccc(-c2ccc(Br)cc2Cl)o1)c1ccccc1. The molecular formula is C21H21BrClNO. The fraction of sp³-hybridized carbons (Fsp3) is 0.238. The largest absolute Gasteiger partial charge is 0.460 e. The highest BCUT2D eigenvalue weighted by molar-refractivity contribution is 9.10. The molecule has 0 fully saturated rings. The molecule has 0 saturated carbocycles. The minimum atomic E-state index is 0.330. The summed E-state index contributed by atoms with van der Waals surface area (Å²) in [6.07, 6.45) is 2.22. The highest BCUT2D eigenvalue weighted by atomic mass is 79.9. The van der Waals surface area contributed by atoms with Crippen LogP contribution in [0.25, 0.3) is 11.3 Å². The molecule has 3 aromatic rings. The van der Waals surface area contributed by atoms with Crippen LogP contribution in [0.2, 0.25) is 5.02 Å². The zero-order valence-corrected chi connectivity index (χ0v) is 16.5. The quantitative estimate of drug-likeness (QED) is 0.447. The van der Waals surface area contributed by atoms with Gasteiger partial charge in [-0.2, -0.15) is 0 Å². The van der Waals surface area contributed by atoms with Crippen molar-refractivity contribution in [3.63, 3.8) is 0 Å². The summed E-state index contributed by atoms with van der Waals surface area (Å²) in [5.41, 5.74) is 2.22. The van der Waals surface area contributed by atoms with Crippen molar-refractivity contribution in [1.29, 1.82) is 0 Å². The number of halogens is 2. The third kappa shape index (κ3) is 4.75. The second-order valence-electron chi connectivity index (χ2n) is 6.02. The average Bonchev–Trinajstić information content (AvgIpc) is 3.08. The van der Waals surface area contributed by atoms with E-state index in [0.717, 1.165) is 34.4 Å². The Morgan fingerprint density at radius 2 is 1.88 bits per heavy atom. The predicted octanol–water partition coefficient (Wildman–Crippen LogP) is 6.99. The van der Waals surface area contributed by atoms with Crippen LogP contribution in [-0.4, -0.2) is 0 Å². The summed E-state index contributed by atoms with van der Waals surface area (Å²) in [4.78, 5) is 0. The van der Waals surface area contributed by atoms with Crippen LogP contribution < -0.4 is 5.32 Å². The summed E-state index contributed by atoms with van der Waals surface area (Å²) in [5.74, 6) is 1.70. The van der Waals surface area contributed by atoms with Crippen molar-refractivity contribution in [3.05, 3.63) is 81.5 Å². The summed E-state index contributed by atoms with van der Waals surface area (Å²) < 4.78 is 6.95. The van der Waals surface area contributed by atoms with Crippen molar-refractivity contribution in [2.24, 2.45) is 0 Å². The molecule has 4 heteroatoms. The lowest BCUT2D eigenvalue weighted by Crippen LogP contribution is -2.20. The van der Waals surface area contributed by atoms with Crippen LogP contribution in [-0.2, 0) is 6.54 Å². The van der Waals surface area contributed by atoms with Crippen LogP contribution in [0.1, 0.15) is 37.1 Å². The number of furan rings is 1. The molecule has 2 nitrogen and oxygen atoms in total. The molecule has 0 radical (unpaired) electrons. The van der Waals surface area contributed by atoms with E-state index in [0.29, 0.717) is 17.6 Å². The van der Waals surface area contributed by atoms with Gasteiger partial charge in [0.25, 0.3) is 0 Å². The molecule has 1 heterocycles. The molecule has 0 aliphatic carbocycles. The van der Waals surface area contributed by atoms with Crippen molar-refractivity contribution in [2.45, 2.75) is 32.4 Å². The van der Waals surface area contributed by atoms with Crippen LogP contribution in [0.5, 0.6) is 0 Å². The molecular weight excluding hydrogens is 398 g/mol. The fourth-order valence-corrected chi connectivity index (χ4v) is 3.66. The van der Waals surface area contributed by atoms with E-state index < -0.39 is 0 Å². The summed E-state index contributed by atoms with van der Waals surface area (Å²) in [7, 11) is 0. The lowest BCUT2D eigenvalue weighted by Gasteiger charge is -2.18. The molecule has 0 aliphatic rings. The van der Waals surface area contributed by atoms with Crippen molar-refractivity contribution < 1.29 is 4.42 Å². The van der Waals surface area contributed by atoms with Gasteiger partial charge in [0.05, 0.1) is 11.6 Å². The van der Waals surface area contributed by atoms with E-state index in [1.165, 1.54) is 5.56 Å². The average molecular weight is 419 g/mol. The number of nitrogens with one attached hydrogen (secondary N) is 1. The van der Waals surface area contributed by atoms with Crippen LogP contribution in [0, 0.1) is 0 Å². The van der Waals surface area contributed by atoms with E-state index in [2.05, 4.69) is 52.4 Å². The standard InChI is InChI=1S/C21H21BrClNO/c1-2-6-20(15-7-4-3-5-8-15)24-14-17-10-12-21(25-17)18-11-9-16(22)13-19(18)23/h3-5,7-13,20,24H,2,6,14H2,1H3. The zero-order chi connectivity index (χ0) is 17.6. The van der Waals surface area contributed by atoms with Gasteiger partial charge in [0.15, 0.2) is 0 Å². The third-order valence-electron chi connectivity index (χ3n) is 4.16. The van der Waals surface area contributed by atoms with E-state index >= 15 is 0 Å². The second kappa shape index (κ2) is 8.70. The van der Waals surface area contributed by atoms with E-state index in [9.17, 15) is 0 Å². The highest BCUT2D eigenvalue weighted by Crippen LogP contribution is 2.31. The maximum absolute atomic E-state index is 6.32. The Morgan fingerprint density at radius 1 is 1.08 bits per heavy atom. The van der Waals surface area contributed by atoms with E-state index in [4.69, 9.17) is 16.0 Å². The minimum Gasteiger partial charge on any atom is -0.460 e. The first-order valence-corrected chi connectivity index (χ1v) is 9.67. The maximum atomic E-state index is 6.32. The Morgan fingerprint density at radius 3 is 2.60 bits per heavy atom. The van der Waals surface area contributed by atoms with Crippen LogP contribution in [0.3, 0.4) is 0 Å². The van der Waals surface area contributed by atoms with Crippen molar-refractivity contribution in [3.8, 4) is 11.3 Å². The minimum absolute atomic E-state index is 0.330. The molecule has 130 valence electrons. The maximum Gasteiger partial charge on any atom is 0.135 e. The monoisotopic (exact) mass is 417 g/mol. The molecule has 1 aromatic heterocycles. The third-order valence-corrected chi connectivity index (χ3v) is 4.97. The molecule has 25 heavy (non-hydrogen) atoms. The van der Waals surface area contributed by atoms with Crippen molar-refractivity contribution >= 4 is 27.5 Å². The Kier molecular flexibility index (Phi) is 6.35.